The summed E-state index contributed by atoms with van der Waals surface area (Å²) in [7, 11) is 0. The Kier molecular flexibility index (Phi) is 4.96. The van der Waals surface area contributed by atoms with Gasteiger partial charge in [0.2, 0.25) is 0 Å². The Balaban J connectivity index is 0.000000261. The standard InChI is InChI=1S/C5H4ClNO.C2H4O2/c6-5-3-4(8)1-2-7-5;1-2(3)4/h1-2H,3H2;1H3,(H,3,4). The molecule has 0 spiro atoms. The van der Waals surface area contributed by atoms with Crippen molar-refractivity contribution in [3.63, 3.8) is 0 Å². The van der Waals surface area contributed by atoms with Gasteiger partial charge in [0.1, 0.15) is 5.17 Å². The van der Waals surface area contributed by atoms with Crippen molar-refractivity contribution in [1.29, 1.82) is 0 Å². The lowest BCUT2D eigenvalue weighted by atomic mass is 10.3. The number of carbonyl (C=O) groups is 2. The Labute approximate surface area is 74.6 Å². The van der Waals surface area contributed by atoms with Crippen LogP contribution in [0.1, 0.15) is 13.3 Å². The number of aliphatic imine (C=N–C) groups is 1. The number of allylic oxidation sites excluding steroid dienone is 1. The van der Waals surface area contributed by atoms with E-state index < -0.39 is 5.97 Å². The summed E-state index contributed by atoms with van der Waals surface area (Å²) in [5, 5.41) is 7.79. The Morgan fingerprint density at radius 2 is 2.25 bits per heavy atom. The zero-order valence-electron chi connectivity index (χ0n) is 6.45. The average Bonchev–Trinajstić information content (AvgIpc) is 1.84. The van der Waals surface area contributed by atoms with Gasteiger partial charge >= 0.3 is 0 Å². The van der Waals surface area contributed by atoms with E-state index >= 15 is 0 Å². The van der Waals surface area contributed by atoms with E-state index in [1.165, 1.54) is 12.3 Å². The molecule has 4 nitrogen and oxygen atoms in total. The van der Waals surface area contributed by atoms with Crippen LogP contribution >= 0.6 is 11.6 Å². The van der Waals surface area contributed by atoms with Gasteiger partial charge in [-0.1, -0.05) is 11.6 Å². The van der Waals surface area contributed by atoms with Gasteiger partial charge in [-0.15, -0.1) is 0 Å². The highest BCUT2D eigenvalue weighted by atomic mass is 35.5. The first-order valence-electron chi connectivity index (χ1n) is 3.13. The van der Waals surface area contributed by atoms with E-state index in [9.17, 15) is 4.79 Å². The van der Waals surface area contributed by atoms with E-state index in [1.807, 2.05) is 0 Å². The summed E-state index contributed by atoms with van der Waals surface area (Å²) in [6.45, 7) is 1.08. The minimum Gasteiger partial charge on any atom is -0.481 e. The quantitative estimate of drug-likeness (QED) is 0.623. The third kappa shape index (κ3) is 6.95. The van der Waals surface area contributed by atoms with Crippen molar-refractivity contribution in [2.24, 2.45) is 4.99 Å². The minimum atomic E-state index is -0.833. The van der Waals surface area contributed by atoms with Crippen LogP contribution in [0.3, 0.4) is 0 Å². The zero-order valence-corrected chi connectivity index (χ0v) is 7.21. The lowest BCUT2D eigenvalue weighted by molar-refractivity contribution is -0.134. The first-order valence-corrected chi connectivity index (χ1v) is 3.51. The number of hydrogen-bond acceptors (Lipinski definition) is 3. The first-order chi connectivity index (χ1) is 5.52. The van der Waals surface area contributed by atoms with Crippen LogP contribution in [0.4, 0.5) is 0 Å². The number of carboxylic acids is 1. The fourth-order valence-corrected chi connectivity index (χ4v) is 0.638. The highest BCUT2D eigenvalue weighted by Gasteiger charge is 2.03. The number of carboxylic acid groups (broad SMARTS) is 1. The molecule has 5 heteroatoms. The van der Waals surface area contributed by atoms with E-state index in [0.717, 1.165) is 6.92 Å². The SMILES string of the molecule is CC(=O)O.O=C1C=CN=C(Cl)C1. The molecule has 0 aromatic heterocycles. The Bertz CT molecular complexity index is 241. The Morgan fingerprint density at radius 3 is 2.50 bits per heavy atom. The first kappa shape index (κ1) is 10.8. The van der Waals surface area contributed by atoms with E-state index in [-0.39, 0.29) is 12.2 Å². The number of carbonyl (C=O) groups excluding carboxylic acids is 1. The van der Waals surface area contributed by atoms with Crippen LogP contribution in [-0.2, 0) is 9.59 Å². The second-order valence-electron chi connectivity index (χ2n) is 1.98. The molecule has 66 valence electrons. The molecular formula is C7H8ClNO3. The van der Waals surface area contributed by atoms with Crippen LogP contribution in [0, 0.1) is 0 Å². The maximum absolute atomic E-state index is 10.4. The highest BCUT2D eigenvalue weighted by molar-refractivity contribution is 6.67. The highest BCUT2D eigenvalue weighted by Crippen LogP contribution is 2.01. The van der Waals surface area contributed by atoms with Gasteiger partial charge in [-0.2, -0.15) is 0 Å². The largest absolute Gasteiger partial charge is 0.481 e. The van der Waals surface area contributed by atoms with Crippen molar-refractivity contribution in [2.75, 3.05) is 0 Å². The molecule has 1 heterocycles. The lowest BCUT2D eigenvalue weighted by Crippen LogP contribution is -2.01. The summed E-state index contributed by atoms with van der Waals surface area (Å²) < 4.78 is 0. The van der Waals surface area contributed by atoms with Crippen molar-refractivity contribution in [3.05, 3.63) is 12.3 Å². The van der Waals surface area contributed by atoms with Crippen molar-refractivity contribution in [3.8, 4) is 0 Å². The van der Waals surface area contributed by atoms with Crippen molar-refractivity contribution >= 4 is 28.5 Å². The monoisotopic (exact) mass is 189 g/mol. The Hall–Kier alpha value is -1.16. The molecule has 12 heavy (non-hydrogen) atoms. The second kappa shape index (κ2) is 5.49. The summed E-state index contributed by atoms with van der Waals surface area (Å²) in [5.74, 6) is -0.815. The van der Waals surface area contributed by atoms with Gasteiger partial charge in [0.25, 0.3) is 5.97 Å². The molecule has 0 aromatic rings. The molecule has 1 aliphatic rings. The number of halogens is 1. The smallest absolute Gasteiger partial charge is 0.300 e. The van der Waals surface area contributed by atoms with Crippen LogP contribution in [0.25, 0.3) is 0 Å². The normalized spacial score (nSPS) is 14.5. The van der Waals surface area contributed by atoms with Gasteiger partial charge in [-0.05, 0) is 6.08 Å². The predicted molar refractivity (Wildman–Crippen MR) is 45.4 cm³/mol. The molecule has 0 amide bonds. The third-order valence-corrected chi connectivity index (χ3v) is 1.03. The topological polar surface area (TPSA) is 66.7 Å². The molecule has 0 bridgehead atoms. The van der Waals surface area contributed by atoms with Crippen LogP contribution in [0.15, 0.2) is 17.3 Å². The predicted octanol–water partition coefficient (Wildman–Crippen LogP) is 1.20. The molecule has 1 N–H and O–H groups in total. The minimum absolute atomic E-state index is 0.0185. The molecule has 0 aromatic carbocycles. The van der Waals surface area contributed by atoms with Crippen molar-refractivity contribution in [1.82, 2.24) is 0 Å². The van der Waals surface area contributed by atoms with Gasteiger partial charge < -0.3 is 5.11 Å². The number of hydrogen-bond donors (Lipinski definition) is 1. The van der Waals surface area contributed by atoms with Gasteiger partial charge in [-0.25, -0.2) is 4.99 Å². The van der Waals surface area contributed by atoms with Crippen molar-refractivity contribution < 1.29 is 14.7 Å². The second-order valence-corrected chi connectivity index (χ2v) is 2.42. The summed E-state index contributed by atoms with van der Waals surface area (Å²) in [6.07, 6.45) is 3.08. The average molecular weight is 190 g/mol. The van der Waals surface area contributed by atoms with E-state index in [1.54, 1.807) is 0 Å². The molecule has 0 atom stereocenters. The zero-order chi connectivity index (χ0) is 9.56. The fraction of sp³-hybridized carbons (Fsp3) is 0.286. The summed E-state index contributed by atoms with van der Waals surface area (Å²) in [6, 6.07) is 0. The molecule has 0 unspecified atom stereocenters. The van der Waals surface area contributed by atoms with Gasteiger partial charge in [0.05, 0.1) is 6.42 Å². The molecule has 0 fully saturated rings. The van der Waals surface area contributed by atoms with Crippen molar-refractivity contribution in [2.45, 2.75) is 13.3 Å². The molecule has 0 radical (unpaired) electrons. The fourth-order valence-electron chi connectivity index (χ4n) is 0.450. The molecular weight excluding hydrogens is 182 g/mol. The van der Waals surface area contributed by atoms with E-state index in [2.05, 4.69) is 4.99 Å². The van der Waals surface area contributed by atoms with E-state index in [4.69, 9.17) is 21.5 Å². The van der Waals surface area contributed by atoms with Crippen LogP contribution < -0.4 is 0 Å². The van der Waals surface area contributed by atoms with Gasteiger partial charge in [0, 0.05) is 13.1 Å². The molecule has 0 saturated carbocycles. The maximum atomic E-state index is 10.4. The molecule has 0 saturated heterocycles. The molecule has 1 rings (SSSR count). The number of rotatable bonds is 0. The van der Waals surface area contributed by atoms with Crippen LogP contribution in [0.5, 0.6) is 0 Å². The molecule has 1 aliphatic heterocycles. The Morgan fingerprint density at radius 1 is 1.75 bits per heavy atom. The van der Waals surface area contributed by atoms with E-state index in [0.29, 0.717) is 5.17 Å². The lowest BCUT2D eigenvalue weighted by Gasteiger charge is -1.95. The van der Waals surface area contributed by atoms with Crippen LogP contribution in [0.2, 0.25) is 0 Å². The number of ketones is 1. The number of nitrogens with zero attached hydrogens (tertiary/aromatic N) is 1. The summed E-state index contributed by atoms with van der Waals surface area (Å²) in [4.78, 5) is 23.1. The van der Waals surface area contributed by atoms with Crippen LogP contribution in [-0.4, -0.2) is 22.0 Å². The van der Waals surface area contributed by atoms with Gasteiger partial charge in [0.15, 0.2) is 5.78 Å². The summed E-state index contributed by atoms with van der Waals surface area (Å²) >= 11 is 5.39. The number of aliphatic carboxylic acids is 1. The maximum Gasteiger partial charge on any atom is 0.300 e. The molecule has 0 aliphatic carbocycles. The summed E-state index contributed by atoms with van der Waals surface area (Å²) in [5.41, 5.74) is 0. The third-order valence-electron chi connectivity index (χ3n) is 0.795. The van der Waals surface area contributed by atoms with Gasteiger partial charge in [-0.3, -0.25) is 9.59 Å².